The summed E-state index contributed by atoms with van der Waals surface area (Å²) in [6, 6.07) is 0.807. The van der Waals surface area contributed by atoms with Crippen molar-refractivity contribution in [2.45, 2.75) is 57.9 Å². The van der Waals surface area contributed by atoms with Crippen molar-refractivity contribution in [2.24, 2.45) is 11.8 Å². The summed E-state index contributed by atoms with van der Waals surface area (Å²) in [6.45, 7) is 5.38. The predicted octanol–water partition coefficient (Wildman–Crippen LogP) is 2.97. The molecule has 94 valence electrons. The van der Waals surface area contributed by atoms with Gasteiger partial charge in [-0.1, -0.05) is 19.8 Å². The van der Waals surface area contributed by atoms with Crippen LogP contribution >= 0.6 is 0 Å². The average molecular weight is 225 g/mol. The molecule has 16 heavy (non-hydrogen) atoms. The number of hydrogen-bond acceptors (Lipinski definition) is 2. The molecule has 0 spiro atoms. The van der Waals surface area contributed by atoms with Crippen LogP contribution in [0.4, 0.5) is 0 Å². The molecule has 2 nitrogen and oxygen atoms in total. The molecule has 1 heterocycles. The molecule has 1 aliphatic carbocycles. The van der Waals surface area contributed by atoms with Gasteiger partial charge in [0, 0.05) is 19.3 Å². The summed E-state index contributed by atoms with van der Waals surface area (Å²) >= 11 is 0. The Labute approximate surface area is 100 Å². The summed E-state index contributed by atoms with van der Waals surface area (Å²) in [4.78, 5) is 0. The van der Waals surface area contributed by atoms with E-state index in [0.29, 0.717) is 0 Å². The Morgan fingerprint density at radius 3 is 2.56 bits per heavy atom. The SMILES string of the molecule is CCNC1CCCCC1CC1CCOCC1. The first-order valence-electron chi connectivity index (χ1n) is 7.21. The van der Waals surface area contributed by atoms with Gasteiger partial charge < -0.3 is 10.1 Å². The minimum atomic E-state index is 0.807. The fourth-order valence-corrected chi connectivity index (χ4v) is 3.43. The number of nitrogens with one attached hydrogen (secondary N) is 1. The minimum Gasteiger partial charge on any atom is -0.381 e. The van der Waals surface area contributed by atoms with Crippen molar-refractivity contribution in [3.8, 4) is 0 Å². The Morgan fingerprint density at radius 2 is 1.81 bits per heavy atom. The van der Waals surface area contributed by atoms with Crippen molar-refractivity contribution in [3.05, 3.63) is 0 Å². The molecule has 0 amide bonds. The summed E-state index contributed by atoms with van der Waals surface area (Å²) in [6.07, 6.45) is 9.79. The summed E-state index contributed by atoms with van der Waals surface area (Å²) in [7, 11) is 0. The lowest BCUT2D eigenvalue weighted by Crippen LogP contribution is -2.39. The summed E-state index contributed by atoms with van der Waals surface area (Å²) < 4.78 is 5.45. The maximum atomic E-state index is 5.45. The predicted molar refractivity (Wildman–Crippen MR) is 67.6 cm³/mol. The van der Waals surface area contributed by atoms with Crippen molar-refractivity contribution in [2.75, 3.05) is 19.8 Å². The van der Waals surface area contributed by atoms with Crippen molar-refractivity contribution < 1.29 is 4.74 Å². The van der Waals surface area contributed by atoms with Crippen LogP contribution in [-0.4, -0.2) is 25.8 Å². The van der Waals surface area contributed by atoms with Gasteiger partial charge in [-0.3, -0.25) is 0 Å². The van der Waals surface area contributed by atoms with Crippen molar-refractivity contribution in [3.63, 3.8) is 0 Å². The van der Waals surface area contributed by atoms with Crippen LogP contribution in [0.25, 0.3) is 0 Å². The Kier molecular flexibility index (Phi) is 5.11. The van der Waals surface area contributed by atoms with Crippen molar-refractivity contribution in [1.29, 1.82) is 0 Å². The molecule has 1 saturated heterocycles. The van der Waals surface area contributed by atoms with Crippen LogP contribution in [0.2, 0.25) is 0 Å². The zero-order valence-corrected chi connectivity index (χ0v) is 10.7. The third kappa shape index (κ3) is 3.46. The van der Waals surface area contributed by atoms with E-state index in [4.69, 9.17) is 4.74 Å². The van der Waals surface area contributed by atoms with Gasteiger partial charge in [0.1, 0.15) is 0 Å². The third-order valence-corrected chi connectivity index (χ3v) is 4.35. The van der Waals surface area contributed by atoms with E-state index in [1.807, 2.05) is 0 Å². The number of ether oxygens (including phenoxy) is 1. The lowest BCUT2D eigenvalue weighted by molar-refractivity contribution is 0.0532. The first-order valence-corrected chi connectivity index (χ1v) is 7.21. The maximum absolute atomic E-state index is 5.45. The second kappa shape index (κ2) is 6.61. The second-order valence-electron chi connectivity index (χ2n) is 5.50. The molecule has 2 aliphatic rings. The van der Waals surface area contributed by atoms with E-state index in [-0.39, 0.29) is 0 Å². The van der Waals surface area contributed by atoms with Crippen molar-refractivity contribution in [1.82, 2.24) is 5.32 Å². The van der Waals surface area contributed by atoms with Gasteiger partial charge in [-0.15, -0.1) is 0 Å². The largest absolute Gasteiger partial charge is 0.381 e. The molecule has 0 aromatic heterocycles. The van der Waals surface area contributed by atoms with Gasteiger partial charge in [-0.25, -0.2) is 0 Å². The lowest BCUT2D eigenvalue weighted by atomic mass is 9.77. The van der Waals surface area contributed by atoms with Gasteiger partial charge in [0.2, 0.25) is 0 Å². The van der Waals surface area contributed by atoms with Gasteiger partial charge in [0.05, 0.1) is 0 Å². The Morgan fingerprint density at radius 1 is 1.06 bits per heavy atom. The van der Waals surface area contributed by atoms with Gasteiger partial charge in [0.15, 0.2) is 0 Å². The standard InChI is InChI=1S/C14H27NO/c1-2-15-14-6-4-3-5-13(14)11-12-7-9-16-10-8-12/h12-15H,2-11H2,1H3. The lowest BCUT2D eigenvalue weighted by Gasteiger charge is -2.35. The van der Waals surface area contributed by atoms with Gasteiger partial charge in [-0.2, -0.15) is 0 Å². The minimum absolute atomic E-state index is 0.807. The van der Waals surface area contributed by atoms with E-state index in [1.165, 1.54) is 44.9 Å². The highest BCUT2D eigenvalue weighted by Gasteiger charge is 2.27. The smallest absolute Gasteiger partial charge is 0.0468 e. The second-order valence-corrected chi connectivity index (χ2v) is 5.50. The Balaban J connectivity index is 1.80. The maximum Gasteiger partial charge on any atom is 0.0468 e. The molecule has 0 bridgehead atoms. The average Bonchev–Trinajstić information content (AvgIpc) is 2.33. The molecule has 2 rings (SSSR count). The van der Waals surface area contributed by atoms with E-state index in [9.17, 15) is 0 Å². The van der Waals surface area contributed by atoms with Crippen LogP contribution in [-0.2, 0) is 4.74 Å². The molecule has 2 heteroatoms. The fraction of sp³-hybridized carbons (Fsp3) is 1.00. The van der Waals surface area contributed by atoms with Crippen LogP contribution in [0.1, 0.15) is 51.9 Å². The molecule has 2 unspecified atom stereocenters. The van der Waals surface area contributed by atoms with Crippen LogP contribution < -0.4 is 5.32 Å². The highest BCUT2D eigenvalue weighted by atomic mass is 16.5. The molecular weight excluding hydrogens is 198 g/mol. The van der Waals surface area contributed by atoms with Gasteiger partial charge in [0.25, 0.3) is 0 Å². The molecule has 0 aromatic carbocycles. The monoisotopic (exact) mass is 225 g/mol. The Bertz CT molecular complexity index is 187. The summed E-state index contributed by atoms with van der Waals surface area (Å²) in [5.41, 5.74) is 0. The van der Waals surface area contributed by atoms with Crippen LogP contribution in [0.15, 0.2) is 0 Å². The molecule has 2 atom stereocenters. The number of hydrogen-bond donors (Lipinski definition) is 1. The van der Waals surface area contributed by atoms with Crippen LogP contribution in [0.5, 0.6) is 0 Å². The zero-order valence-electron chi connectivity index (χ0n) is 10.7. The van der Waals surface area contributed by atoms with E-state index >= 15 is 0 Å². The summed E-state index contributed by atoms with van der Waals surface area (Å²) in [5, 5.41) is 3.69. The molecule has 0 radical (unpaired) electrons. The molecule has 1 saturated carbocycles. The first kappa shape index (κ1) is 12.4. The topological polar surface area (TPSA) is 21.3 Å². The molecule has 0 aromatic rings. The molecule has 1 aliphatic heterocycles. The molecular formula is C14H27NO. The summed E-state index contributed by atoms with van der Waals surface area (Å²) in [5.74, 6) is 1.88. The van der Waals surface area contributed by atoms with Crippen molar-refractivity contribution >= 4 is 0 Å². The van der Waals surface area contributed by atoms with E-state index in [2.05, 4.69) is 12.2 Å². The third-order valence-electron chi connectivity index (χ3n) is 4.35. The van der Waals surface area contributed by atoms with Crippen LogP contribution in [0, 0.1) is 11.8 Å². The molecule has 2 fully saturated rings. The highest BCUT2D eigenvalue weighted by molar-refractivity contribution is 4.83. The van der Waals surface area contributed by atoms with E-state index in [0.717, 1.165) is 37.6 Å². The highest BCUT2D eigenvalue weighted by Crippen LogP contribution is 2.32. The first-order chi connectivity index (χ1) is 7.90. The zero-order chi connectivity index (χ0) is 11.2. The Hall–Kier alpha value is -0.0800. The number of rotatable bonds is 4. The quantitative estimate of drug-likeness (QED) is 0.794. The van der Waals surface area contributed by atoms with Gasteiger partial charge >= 0.3 is 0 Å². The van der Waals surface area contributed by atoms with Crippen LogP contribution in [0.3, 0.4) is 0 Å². The fourth-order valence-electron chi connectivity index (χ4n) is 3.43. The van der Waals surface area contributed by atoms with Gasteiger partial charge in [-0.05, 0) is 50.5 Å². The normalized spacial score (nSPS) is 32.8. The van der Waals surface area contributed by atoms with E-state index in [1.54, 1.807) is 0 Å². The van der Waals surface area contributed by atoms with E-state index < -0.39 is 0 Å². The molecule has 1 N–H and O–H groups in total.